The van der Waals surface area contributed by atoms with Gasteiger partial charge in [0, 0.05) is 32.4 Å². The third kappa shape index (κ3) is 3.88. The molecule has 0 radical (unpaired) electrons. The van der Waals surface area contributed by atoms with E-state index >= 15 is 0 Å². The second kappa shape index (κ2) is 8.00. The molecule has 0 aliphatic rings. The predicted octanol–water partition coefficient (Wildman–Crippen LogP) is 4.09. The number of benzene rings is 2. The summed E-state index contributed by atoms with van der Waals surface area (Å²) >= 11 is 1.66. The largest absolute Gasteiger partial charge is 0.342 e. The summed E-state index contributed by atoms with van der Waals surface area (Å²) in [6, 6.07) is 19.3. The molecule has 8 heteroatoms. The number of anilines is 1. The number of hydrogen-bond donors (Lipinski definition) is 3. The van der Waals surface area contributed by atoms with Crippen molar-refractivity contribution in [1.82, 2.24) is 20.5 Å². The van der Waals surface area contributed by atoms with Crippen molar-refractivity contribution in [3.8, 4) is 10.4 Å². The van der Waals surface area contributed by atoms with E-state index in [-0.39, 0.29) is 6.54 Å². The fraction of sp³-hybridized carbons (Fsp3) is 0.0435. The van der Waals surface area contributed by atoms with E-state index in [0.717, 1.165) is 26.7 Å². The Morgan fingerprint density at radius 3 is 2.68 bits per heavy atom. The van der Waals surface area contributed by atoms with Gasteiger partial charge >= 0.3 is 11.8 Å². The van der Waals surface area contributed by atoms with Gasteiger partial charge in [0.2, 0.25) is 0 Å². The molecule has 0 aliphatic heterocycles. The third-order valence-electron chi connectivity index (χ3n) is 4.86. The van der Waals surface area contributed by atoms with Crippen molar-refractivity contribution in [3.63, 3.8) is 0 Å². The number of rotatable bonds is 4. The number of aromatic amines is 1. The minimum absolute atomic E-state index is 0.181. The Morgan fingerprint density at radius 1 is 0.968 bits per heavy atom. The highest BCUT2D eigenvalue weighted by atomic mass is 32.1. The van der Waals surface area contributed by atoms with E-state index in [1.54, 1.807) is 41.9 Å². The Kier molecular flexibility index (Phi) is 4.89. The van der Waals surface area contributed by atoms with Crippen LogP contribution in [0.3, 0.4) is 0 Å². The number of thiophene rings is 1. The summed E-state index contributed by atoms with van der Waals surface area (Å²) in [6.07, 6.45) is 3.33. The zero-order chi connectivity index (χ0) is 21.2. The van der Waals surface area contributed by atoms with Crippen molar-refractivity contribution in [2.45, 2.75) is 6.54 Å². The number of fused-ring (bicyclic) bond motifs is 2. The van der Waals surface area contributed by atoms with E-state index in [1.165, 1.54) is 4.70 Å². The molecule has 3 N–H and O–H groups in total. The molecule has 2 amide bonds. The van der Waals surface area contributed by atoms with Crippen molar-refractivity contribution >= 4 is 49.8 Å². The van der Waals surface area contributed by atoms with E-state index < -0.39 is 11.8 Å². The number of pyridine rings is 1. The SMILES string of the molecule is O=C(NCc1ccccn1)C(=O)Nc1cc(-c2cc3ccccc3s2)c2[nH]ncc2c1. The van der Waals surface area contributed by atoms with Crippen LogP contribution in [0.5, 0.6) is 0 Å². The first kappa shape index (κ1) is 19.0. The van der Waals surface area contributed by atoms with Crippen molar-refractivity contribution in [1.29, 1.82) is 0 Å². The Hall–Kier alpha value is -4.04. The summed E-state index contributed by atoms with van der Waals surface area (Å²) in [5, 5.41) is 14.4. The zero-order valence-electron chi connectivity index (χ0n) is 16.3. The lowest BCUT2D eigenvalue weighted by molar-refractivity contribution is -0.136. The van der Waals surface area contributed by atoms with Gasteiger partial charge in [-0.3, -0.25) is 19.7 Å². The molecular weight excluding hydrogens is 410 g/mol. The maximum Gasteiger partial charge on any atom is 0.313 e. The van der Waals surface area contributed by atoms with Gasteiger partial charge in [-0.05, 0) is 41.8 Å². The molecule has 31 heavy (non-hydrogen) atoms. The molecule has 7 nitrogen and oxygen atoms in total. The van der Waals surface area contributed by atoms with E-state index in [4.69, 9.17) is 0 Å². The van der Waals surface area contributed by atoms with Crippen molar-refractivity contribution in [3.05, 3.63) is 78.8 Å². The third-order valence-corrected chi connectivity index (χ3v) is 6.01. The first-order chi connectivity index (χ1) is 15.2. The van der Waals surface area contributed by atoms with Gasteiger partial charge in [0.15, 0.2) is 0 Å². The van der Waals surface area contributed by atoms with Gasteiger partial charge in [0.05, 0.1) is 24.0 Å². The molecule has 0 atom stereocenters. The minimum atomic E-state index is -0.735. The summed E-state index contributed by atoms with van der Waals surface area (Å²) in [7, 11) is 0. The van der Waals surface area contributed by atoms with E-state index in [1.807, 2.05) is 24.3 Å². The molecule has 0 aliphatic carbocycles. The van der Waals surface area contributed by atoms with Crippen LogP contribution in [0.1, 0.15) is 5.69 Å². The van der Waals surface area contributed by atoms with Gasteiger partial charge in [-0.2, -0.15) is 5.10 Å². The topological polar surface area (TPSA) is 99.8 Å². The Labute approximate surface area is 181 Å². The van der Waals surface area contributed by atoms with Crippen LogP contribution in [0.25, 0.3) is 31.4 Å². The monoisotopic (exact) mass is 427 g/mol. The van der Waals surface area contributed by atoms with Crippen LogP contribution < -0.4 is 10.6 Å². The van der Waals surface area contributed by atoms with Gasteiger partial charge in [0.1, 0.15) is 0 Å². The van der Waals surface area contributed by atoms with Crippen LogP contribution in [-0.2, 0) is 16.1 Å². The molecule has 0 fully saturated rings. The maximum atomic E-state index is 12.4. The van der Waals surface area contributed by atoms with Crippen LogP contribution in [0, 0.1) is 0 Å². The predicted molar refractivity (Wildman–Crippen MR) is 122 cm³/mol. The first-order valence-electron chi connectivity index (χ1n) is 9.62. The summed E-state index contributed by atoms with van der Waals surface area (Å²) in [4.78, 5) is 29.8. The van der Waals surface area contributed by atoms with Crippen LogP contribution in [-0.4, -0.2) is 27.0 Å². The van der Waals surface area contributed by atoms with Crippen LogP contribution in [0.2, 0.25) is 0 Å². The molecule has 2 aromatic carbocycles. The zero-order valence-corrected chi connectivity index (χ0v) is 17.1. The number of carbonyl (C=O) groups is 2. The normalized spacial score (nSPS) is 11.0. The number of nitrogens with zero attached hydrogens (tertiary/aromatic N) is 2. The number of carbonyl (C=O) groups excluding carboxylic acids is 2. The lowest BCUT2D eigenvalue weighted by Gasteiger charge is -2.09. The van der Waals surface area contributed by atoms with Gasteiger partial charge < -0.3 is 10.6 Å². The molecule has 0 saturated carbocycles. The Morgan fingerprint density at radius 2 is 1.84 bits per heavy atom. The molecule has 0 saturated heterocycles. The summed E-state index contributed by atoms with van der Waals surface area (Å²) in [5.41, 5.74) is 3.00. The highest BCUT2D eigenvalue weighted by molar-refractivity contribution is 7.22. The van der Waals surface area contributed by atoms with E-state index in [2.05, 4.69) is 44.0 Å². The van der Waals surface area contributed by atoms with Gasteiger partial charge in [-0.25, -0.2) is 0 Å². The number of hydrogen-bond acceptors (Lipinski definition) is 5. The van der Waals surface area contributed by atoms with Crippen LogP contribution in [0.4, 0.5) is 5.69 Å². The van der Waals surface area contributed by atoms with Gasteiger partial charge in [-0.15, -0.1) is 11.3 Å². The fourth-order valence-corrected chi connectivity index (χ4v) is 4.47. The van der Waals surface area contributed by atoms with Crippen molar-refractivity contribution < 1.29 is 9.59 Å². The molecule has 0 unspecified atom stereocenters. The lowest BCUT2D eigenvalue weighted by atomic mass is 10.1. The molecule has 0 bridgehead atoms. The van der Waals surface area contributed by atoms with Crippen molar-refractivity contribution in [2.75, 3.05) is 5.32 Å². The fourth-order valence-electron chi connectivity index (χ4n) is 3.38. The molecule has 3 heterocycles. The smallest absolute Gasteiger partial charge is 0.313 e. The average Bonchev–Trinajstić information content (AvgIpc) is 3.44. The van der Waals surface area contributed by atoms with Crippen LogP contribution in [0.15, 0.2) is 73.1 Å². The van der Waals surface area contributed by atoms with Crippen LogP contribution >= 0.6 is 11.3 Å². The van der Waals surface area contributed by atoms with E-state index in [9.17, 15) is 9.59 Å². The first-order valence-corrected chi connectivity index (χ1v) is 10.4. The Bertz CT molecular complexity index is 1370. The molecular formula is C23H17N5O2S. The van der Waals surface area contributed by atoms with E-state index in [0.29, 0.717) is 11.4 Å². The summed E-state index contributed by atoms with van der Waals surface area (Å²) in [6.45, 7) is 0.181. The number of aromatic nitrogens is 3. The molecule has 3 aromatic heterocycles. The second-order valence-electron chi connectivity index (χ2n) is 6.96. The molecule has 0 spiro atoms. The quantitative estimate of drug-likeness (QED) is 0.376. The average molecular weight is 427 g/mol. The van der Waals surface area contributed by atoms with Crippen molar-refractivity contribution in [2.24, 2.45) is 0 Å². The molecule has 152 valence electrons. The summed E-state index contributed by atoms with van der Waals surface area (Å²) in [5.74, 6) is -1.46. The number of amides is 2. The number of nitrogens with one attached hydrogen (secondary N) is 3. The van der Waals surface area contributed by atoms with Gasteiger partial charge in [-0.1, -0.05) is 24.3 Å². The highest BCUT2D eigenvalue weighted by Crippen LogP contribution is 2.38. The minimum Gasteiger partial charge on any atom is -0.342 e. The molecule has 5 rings (SSSR count). The maximum absolute atomic E-state index is 12.4. The highest BCUT2D eigenvalue weighted by Gasteiger charge is 2.16. The standard InChI is InChI=1S/C23H17N5O2S/c29-22(25-13-16-6-3-4-8-24-16)23(30)27-17-9-15-12-26-28-21(15)18(11-17)20-10-14-5-1-2-7-19(14)31-20/h1-12H,13H2,(H,25,29)(H,26,28)(H,27,30). The lowest BCUT2D eigenvalue weighted by Crippen LogP contribution is -2.35. The van der Waals surface area contributed by atoms with Gasteiger partial charge in [0.25, 0.3) is 0 Å². The molecule has 5 aromatic rings. The summed E-state index contributed by atoms with van der Waals surface area (Å²) < 4.78 is 1.17. The number of H-pyrrole nitrogens is 1. The second-order valence-corrected chi connectivity index (χ2v) is 8.05. The Balaban J connectivity index is 1.40.